The molecule has 0 atom stereocenters. The highest BCUT2D eigenvalue weighted by Gasteiger charge is 2.22. The average molecular weight is 378 g/mol. The Hall–Kier alpha value is -1.58. The molecular weight excluding hydrogens is 341 g/mol. The number of rotatable bonds is 10. The topological polar surface area (TPSA) is 29.5 Å². The van der Waals surface area contributed by atoms with Gasteiger partial charge in [0.05, 0.1) is 6.61 Å². The van der Waals surface area contributed by atoms with Crippen molar-refractivity contribution >= 4 is 5.91 Å². The lowest BCUT2D eigenvalue weighted by molar-refractivity contribution is -0.132. The van der Waals surface area contributed by atoms with Gasteiger partial charge in [-0.2, -0.15) is 0 Å². The third kappa shape index (κ3) is 7.15. The Morgan fingerprint density at radius 1 is 1.22 bits per heavy atom. The molecule has 4 heteroatoms. The molecule has 2 rings (SSSR count). The number of piperidine rings is 1. The Balaban J connectivity index is 1.65. The van der Waals surface area contributed by atoms with E-state index in [1.54, 1.807) is 12.1 Å². The monoisotopic (exact) mass is 377 g/mol. The van der Waals surface area contributed by atoms with E-state index in [4.69, 9.17) is 4.74 Å². The SMILES string of the molecule is CCCCCCC(=O)N1CCC(CCOc2ccc(C(C)C)cc2F)CC1. The van der Waals surface area contributed by atoms with Crippen LogP contribution in [0.15, 0.2) is 18.2 Å². The van der Waals surface area contributed by atoms with Crippen molar-refractivity contribution in [1.29, 1.82) is 0 Å². The Morgan fingerprint density at radius 3 is 2.59 bits per heavy atom. The number of amides is 1. The first kappa shape index (κ1) is 21.7. The van der Waals surface area contributed by atoms with Crippen LogP contribution >= 0.6 is 0 Å². The largest absolute Gasteiger partial charge is 0.491 e. The molecule has 1 amide bonds. The van der Waals surface area contributed by atoms with Crippen molar-refractivity contribution in [2.24, 2.45) is 5.92 Å². The zero-order valence-corrected chi connectivity index (χ0v) is 17.3. The Labute approximate surface area is 164 Å². The number of benzene rings is 1. The lowest BCUT2D eigenvalue weighted by atomic mass is 9.93. The lowest BCUT2D eigenvalue weighted by Crippen LogP contribution is -2.38. The van der Waals surface area contributed by atoms with Gasteiger partial charge in [-0.15, -0.1) is 0 Å². The lowest BCUT2D eigenvalue weighted by Gasteiger charge is -2.32. The minimum absolute atomic E-state index is 0.273. The maximum Gasteiger partial charge on any atom is 0.222 e. The molecule has 27 heavy (non-hydrogen) atoms. The van der Waals surface area contributed by atoms with Crippen LogP contribution < -0.4 is 4.74 Å². The molecule has 1 aromatic carbocycles. The molecule has 0 bridgehead atoms. The summed E-state index contributed by atoms with van der Waals surface area (Å²) in [5, 5.41) is 0. The second-order valence-corrected chi connectivity index (χ2v) is 8.12. The molecular formula is C23H36FNO2. The fourth-order valence-electron chi connectivity index (χ4n) is 3.66. The summed E-state index contributed by atoms with van der Waals surface area (Å²) in [6.45, 7) is 8.54. The van der Waals surface area contributed by atoms with E-state index in [-0.39, 0.29) is 5.82 Å². The molecule has 1 heterocycles. The number of halogens is 1. The smallest absolute Gasteiger partial charge is 0.222 e. The van der Waals surface area contributed by atoms with Crippen LogP contribution in [0.1, 0.15) is 83.6 Å². The van der Waals surface area contributed by atoms with E-state index in [1.807, 2.05) is 11.0 Å². The van der Waals surface area contributed by atoms with Gasteiger partial charge in [0.1, 0.15) is 0 Å². The van der Waals surface area contributed by atoms with Gasteiger partial charge in [0.15, 0.2) is 11.6 Å². The first-order valence-electron chi connectivity index (χ1n) is 10.7. The molecule has 1 fully saturated rings. The van der Waals surface area contributed by atoms with Crippen molar-refractivity contribution in [2.45, 2.75) is 78.1 Å². The highest BCUT2D eigenvalue weighted by atomic mass is 19.1. The molecule has 0 saturated carbocycles. The number of carbonyl (C=O) groups is 1. The predicted octanol–water partition coefficient (Wildman–Crippen LogP) is 5.93. The number of carbonyl (C=O) groups excluding carboxylic acids is 1. The van der Waals surface area contributed by atoms with Crippen molar-refractivity contribution in [2.75, 3.05) is 19.7 Å². The van der Waals surface area contributed by atoms with E-state index >= 15 is 0 Å². The van der Waals surface area contributed by atoms with Crippen LogP contribution in [0, 0.1) is 11.7 Å². The van der Waals surface area contributed by atoms with E-state index in [0.29, 0.717) is 36.5 Å². The van der Waals surface area contributed by atoms with Crippen molar-refractivity contribution in [1.82, 2.24) is 4.90 Å². The summed E-state index contributed by atoms with van der Waals surface area (Å²) in [7, 11) is 0. The number of hydrogen-bond donors (Lipinski definition) is 0. The van der Waals surface area contributed by atoms with Crippen LogP contribution in [0.4, 0.5) is 4.39 Å². The van der Waals surface area contributed by atoms with Gasteiger partial charge in [0.2, 0.25) is 5.91 Å². The summed E-state index contributed by atoms with van der Waals surface area (Å²) in [5.41, 5.74) is 0.992. The second kappa shape index (κ2) is 11.3. The van der Waals surface area contributed by atoms with Gasteiger partial charge in [-0.05, 0) is 55.2 Å². The standard InChI is InChI=1S/C23H36FNO2/c1-4-5-6-7-8-23(26)25-14-11-19(12-15-25)13-16-27-22-10-9-20(18(2)3)17-21(22)24/h9-10,17-19H,4-8,11-16H2,1-3H3. The molecule has 0 N–H and O–H groups in total. The minimum atomic E-state index is -0.273. The molecule has 152 valence electrons. The summed E-state index contributed by atoms with van der Waals surface area (Å²) < 4.78 is 19.8. The number of nitrogens with zero attached hydrogens (tertiary/aromatic N) is 1. The van der Waals surface area contributed by atoms with E-state index in [9.17, 15) is 9.18 Å². The molecule has 1 aliphatic heterocycles. The first-order chi connectivity index (χ1) is 13.0. The molecule has 0 radical (unpaired) electrons. The quantitative estimate of drug-likeness (QED) is 0.473. The first-order valence-corrected chi connectivity index (χ1v) is 10.7. The summed E-state index contributed by atoms with van der Waals surface area (Å²) in [6, 6.07) is 5.25. The molecule has 3 nitrogen and oxygen atoms in total. The van der Waals surface area contributed by atoms with Gasteiger partial charge in [0, 0.05) is 19.5 Å². The number of unbranched alkanes of at least 4 members (excludes halogenated alkanes) is 3. The van der Waals surface area contributed by atoms with Gasteiger partial charge in [-0.25, -0.2) is 4.39 Å². The van der Waals surface area contributed by atoms with Gasteiger partial charge in [0.25, 0.3) is 0 Å². The van der Waals surface area contributed by atoms with Crippen molar-refractivity contribution in [3.8, 4) is 5.75 Å². The number of ether oxygens (including phenoxy) is 1. The van der Waals surface area contributed by atoms with Crippen molar-refractivity contribution in [3.63, 3.8) is 0 Å². The third-order valence-electron chi connectivity index (χ3n) is 5.62. The Morgan fingerprint density at radius 2 is 1.96 bits per heavy atom. The van der Waals surface area contributed by atoms with Gasteiger partial charge >= 0.3 is 0 Å². The molecule has 0 aromatic heterocycles. The number of likely N-dealkylation sites (tertiary alicyclic amines) is 1. The Kier molecular flexibility index (Phi) is 9.09. The van der Waals surface area contributed by atoms with Gasteiger partial charge < -0.3 is 9.64 Å². The van der Waals surface area contributed by atoms with E-state index < -0.39 is 0 Å². The summed E-state index contributed by atoms with van der Waals surface area (Å²) in [6.07, 6.45) is 8.26. The minimum Gasteiger partial charge on any atom is -0.491 e. The maximum absolute atomic E-state index is 14.1. The van der Waals surface area contributed by atoms with Crippen molar-refractivity contribution < 1.29 is 13.9 Å². The molecule has 1 aliphatic rings. The predicted molar refractivity (Wildman–Crippen MR) is 109 cm³/mol. The molecule has 0 unspecified atom stereocenters. The molecule has 1 aromatic rings. The normalized spacial score (nSPS) is 15.4. The van der Waals surface area contributed by atoms with Crippen LogP contribution in [0.25, 0.3) is 0 Å². The van der Waals surface area contributed by atoms with Crippen molar-refractivity contribution in [3.05, 3.63) is 29.6 Å². The zero-order valence-electron chi connectivity index (χ0n) is 17.3. The highest BCUT2D eigenvalue weighted by Crippen LogP contribution is 2.25. The molecule has 1 saturated heterocycles. The van der Waals surface area contributed by atoms with Crippen LogP contribution in [-0.4, -0.2) is 30.5 Å². The third-order valence-corrected chi connectivity index (χ3v) is 5.62. The zero-order chi connectivity index (χ0) is 19.6. The fraction of sp³-hybridized carbons (Fsp3) is 0.696. The fourth-order valence-corrected chi connectivity index (χ4v) is 3.66. The Bertz CT molecular complexity index is 580. The van der Waals surface area contributed by atoms with E-state index in [1.165, 1.54) is 12.8 Å². The molecule has 0 aliphatic carbocycles. The molecule has 0 spiro atoms. The summed E-state index contributed by atoms with van der Waals surface area (Å²) in [4.78, 5) is 14.3. The average Bonchev–Trinajstić information content (AvgIpc) is 2.66. The highest BCUT2D eigenvalue weighted by molar-refractivity contribution is 5.76. The maximum atomic E-state index is 14.1. The summed E-state index contributed by atoms with van der Waals surface area (Å²) >= 11 is 0. The van der Waals surface area contributed by atoms with E-state index in [0.717, 1.165) is 50.8 Å². The van der Waals surface area contributed by atoms with Crippen LogP contribution in [-0.2, 0) is 4.79 Å². The number of hydrogen-bond acceptors (Lipinski definition) is 2. The van der Waals surface area contributed by atoms with Crippen LogP contribution in [0.2, 0.25) is 0 Å². The van der Waals surface area contributed by atoms with E-state index in [2.05, 4.69) is 20.8 Å². The second-order valence-electron chi connectivity index (χ2n) is 8.12. The van der Waals surface area contributed by atoms with Crippen LogP contribution in [0.3, 0.4) is 0 Å². The van der Waals surface area contributed by atoms with Gasteiger partial charge in [-0.1, -0.05) is 46.1 Å². The summed E-state index contributed by atoms with van der Waals surface area (Å²) in [5.74, 6) is 1.26. The van der Waals surface area contributed by atoms with Crippen LogP contribution in [0.5, 0.6) is 5.75 Å². The van der Waals surface area contributed by atoms with Gasteiger partial charge in [-0.3, -0.25) is 4.79 Å².